The molecule has 2 aliphatic carbocycles. The lowest BCUT2D eigenvalue weighted by Crippen LogP contribution is -2.47. The monoisotopic (exact) mass is 250 g/mol. The highest BCUT2D eigenvalue weighted by molar-refractivity contribution is 5.22. The zero-order valence-corrected chi connectivity index (χ0v) is 12.3. The van der Waals surface area contributed by atoms with Crippen molar-refractivity contribution >= 4 is 0 Å². The molecule has 0 aromatic rings. The second-order valence-electron chi connectivity index (χ2n) is 7.35. The van der Waals surface area contributed by atoms with Crippen LogP contribution < -0.4 is 0 Å². The van der Waals surface area contributed by atoms with Crippen LogP contribution in [0.1, 0.15) is 53.9 Å². The molecule has 0 N–H and O–H groups in total. The minimum Gasteiger partial charge on any atom is -0.347 e. The summed E-state index contributed by atoms with van der Waals surface area (Å²) >= 11 is 0. The third-order valence-corrected chi connectivity index (χ3v) is 5.18. The van der Waals surface area contributed by atoms with Crippen LogP contribution in [-0.4, -0.2) is 18.0 Å². The Morgan fingerprint density at radius 2 is 1.78 bits per heavy atom. The number of hydrogen-bond donors (Lipinski definition) is 0. The summed E-state index contributed by atoms with van der Waals surface area (Å²) in [6.45, 7) is 11.3. The molecule has 0 radical (unpaired) electrons. The second kappa shape index (κ2) is 3.83. The van der Waals surface area contributed by atoms with Crippen molar-refractivity contribution in [1.29, 1.82) is 0 Å². The summed E-state index contributed by atoms with van der Waals surface area (Å²) in [5, 5.41) is 0. The van der Waals surface area contributed by atoms with Crippen LogP contribution in [0.2, 0.25) is 0 Å². The second-order valence-corrected chi connectivity index (χ2v) is 7.35. The van der Waals surface area contributed by atoms with Crippen LogP contribution in [0.5, 0.6) is 0 Å². The van der Waals surface area contributed by atoms with Crippen LogP contribution in [-0.2, 0) is 9.47 Å². The van der Waals surface area contributed by atoms with Gasteiger partial charge in [0.2, 0.25) is 0 Å². The zero-order valence-electron chi connectivity index (χ0n) is 12.3. The molecule has 2 fully saturated rings. The lowest BCUT2D eigenvalue weighted by Gasteiger charge is -2.43. The average molecular weight is 250 g/mol. The molecule has 0 aromatic heterocycles. The predicted octanol–water partition coefficient (Wildman–Crippen LogP) is 3.91. The Hall–Kier alpha value is -0.340. The van der Waals surface area contributed by atoms with Crippen LogP contribution in [0.4, 0.5) is 0 Å². The van der Waals surface area contributed by atoms with E-state index in [-0.39, 0.29) is 5.79 Å². The minimum absolute atomic E-state index is 0.319. The molecular formula is C16H26O2. The van der Waals surface area contributed by atoms with Crippen LogP contribution in [0, 0.1) is 17.3 Å². The summed E-state index contributed by atoms with van der Waals surface area (Å²) in [6, 6.07) is 0. The molecular weight excluding hydrogens is 224 g/mol. The van der Waals surface area contributed by atoms with Gasteiger partial charge in [0.15, 0.2) is 5.79 Å². The van der Waals surface area contributed by atoms with E-state index < -0.39 is 0 Å². The van der Waals surface area contributed by atoms with Gasteiger partial charge in [-0.25, -0.2) is 0 Å². The largest absolute Gasteiger partial charge is 0.347 e. The molecule has 1 aliphatic heterocycles. The zero-order chi connectivity index (χ0) is 13.1. The van der Waals surface area contributed by atoms with E-state index >= 15 is 0 Å². The van der Waals surface area contributed by atoms with Crippen LogP contribution in [0.3, 0.4) is 0 Å². The maximum absolute atomic E-state index is 6.26. The van der Waals surface area contributed by atoms with Crippen molar-refractivity contribution in [2.24, 2.45) is 17.3 Å². The Balaban J connectivity index is 1.87. The van der Waals surface area contributed by atoms with Gasteiger partial charge in [-0.3, -0.25) is 0 Å². The maximum Gasteiger partial charge on any atom is 0.172 e. The lowest BCUT2D eigenvalue weighted by molar-refractivity contribution is -0.315. The van der Waals surface area contributed by atoms with Crippen LogP contribution >= 0.6 is 0 Å². The molecule has 1 heterocycles. The topological polar surface area (TPSA) is 18.5 Å². The summed E-state index contributed by atoms with van der Waals surface area (Å²) in [5.41, 5.74) is 1.88. The van der Waals surface area contributed by atoms with Gasteiger partial charge < -0.3 is 9.47 Å². The molecule has 0 aromatic carbocycles. The molecule has 1 saturated heterocycles. The van der Waals surface area contributed by atoms with Crippen molar-refractivity contribution in [3.8, 4) is 0 Å². The van der Waals surface area contributed by atoms with E-state index in [1.54, 1.807) is 0 Å². The predicted molar refractivity (Wildman–Crippen MR) is 72.2 cm³/mol. The van der Waals surface area contributed by atoms with Gasteiger partial charge in [-0.05, 0) is 44.4 Å². The number of ether oxygens (including phenoxy) is 2. The molecule has 4 atom stereocenters. The third-order valence-electron chi connectivity index (χ3n) is 5.18. The van der Waals surface area contributed by atoms with Crippen molar-refractivity contribution in [3.63, 3.8) is 0 Å². The molecule has 1 saturated carbocycles. The van der Waals surface area contributed by atoms with E-state index in [1.165, 1.54) is 5.57 Å². The third kappa shape index (κ3) is 1.94. The first-order valence-electron chi connectivity index (χ1n) is 7.35. The van der Waals surface area contributed by atoms with E-state index in [0.717, 1.165) is 31.1 Å². The SMILES string of the molecule is CC1=C[C@@H]2[C@H](CC3(C1)O[C@H](C)C[C@@H](C)O3)C2(C)C. The van der Waals surface area contributed by atoms with E-state index in [2.05, 4.69) is 40.7 Å². The summed E-state index contributed by atoms with van der Waals surface area (Å²) in [5.74, 6) is 1.12. The van der Waals surface area contributed by atoms with Gasteiger partial charge in [0, 0.05) is 12.8 Å². The molecule has 3 rings (SSSR count). The standard InChI is InChI=1S/C16H26O2/c1-10-6-13-14(15(13,4)5)9-16(8-10)17-11(2)7-12(3)18-16/h6,11-14H,7-9H2,1-5H3/t11-,12-,13-,14+/m1/s1. The molecule has 0 unspecified atom stereocenters. The first-order chi connectivity index (χ1) is 8.32. The number of hydrogen-bond acceptors (Lipinski definition) is 2. The summed E-state index contributed by atoms with van der Waals surface area (Å²) in [6.07, 6.45) is 6.13. The van der Waals surface area contributed by atoms with E-state index in [4.69, 9.17) is 9.47 Å². The Morgan fingerprint density at radius 1 is 1.17 bits per heavy atom. The average Bonchev–Trinajstić information content (AvgIpc) is 2.72. The van der Waals surface area contributed by atoms with Crippen molar-refractivity contribution in [2.45, 2.75) is 71.9 Å². The van der Waals surface area contributed by atoms with Gasteiger partial charge in [-0.2, -0.15) is 0 Å². The molecule has 2 heteroatoms. The van der Waals surface area contributed by atoms with Crippen molar-refractivity contribution < 1.29 is 9.47 Å². The molecule has 2 nitrogen and oxygen atoms in total. The van der Waals surface area contributed by atoms with Gasteiger partial charge in [0.05, 0.1) is 12.2 Å². The Kier molecular flexibility index (Phi) is 2.70. The Bertz CT molecular complexity index is 373. The highest BCUT2D eigenvalue weighted by atomic mass is 16.7. The Morgan fingerprint density at radius 3 is 2.39 bits per heavy atom. The normalized spacial score (nSPS) is 50.4. The van der Waals surface area contributed by atoms with E-state index in [0.29, 0.717) is 17.6 Å². The minimum atomic E-state index is -0.342. The highest BCUT2D eigenvalue weighted by Crippen LogP contribution is 2.64. The fourth-order valence-electron chi connectivity index (χ4n) is 4.21. The molecule has 102 valence electrons. The molecule has 0 amide bonds. The smallest absolute Gasteiger partial charge is 0.172 e. The number of fused-ring (bicyclic) bond motifs is 1. The van der Waals surface area contributed by atoms with Gasteiger partial charge in [0.1, 0.15) is 0 Å². The van der Waals surface area contributed by atoms with Crippen molar-refractivity contribution in [1.82, 2.24) is 0 Å². The van der Waals surface area contributed by atoms with Gasteiger partial charge in [-0.1, -0.05) is 25.5 Å². The summed E-state index contributed by atoms with van der Waals surface area (Å²) in [7, 11) is 0. The van der Waals surface area contributed by atoms with Crippen LogP contribution in [0.25, 0.3) is 0 Å². The van der Waals surface area contributed by atoms with Gasteiger partial charge in [0.25, 0.3) is 0 Å². The highest BCUT2D eigenvalue weighted by Gasteiger charge is 2.61. The molecule has 18 heavy (non-hydrogen) atoms. The molecule has 0 bridgehead atoms. The molecule has 3 aliphatic rings. The lowest BCUT2D eigenvalue weighted by atomic mass is 9.94. The van der Waals surface area contributed by atoms with E-state index in [9.17, 15) is 0 Å². The van der Waals surface area contributed by atoms with Crippen LogP contribution in [0.15, 0.2) is 11.6 Å². The fraction of sp³-hybridized carbons (Fsp3) is 0.875. The number of allylic oxidation sites excluding steroid dienone is 1. The van der Waals surface area contributed by atoms with Crippen molar-refractivity contribution in [2.75, 3.05) is 0 Å². The number of rotatable bonds is 0. The quantitative estimate of drug-likeness (QED) is 0.607. The summed E-state index contributed by atoms with van der Waals surface area (Å²) < 4.78 is 12.5. The van der Waals surface area contributed by atoms with E-state index in [1.807, 2.05) is 0 Å². The molecule has 1 spiro atoms. The van der Waals surface area contributed by atoms with Gasteiger partial charge in [-0.15, -0.1) is 0 Å². The first-order valence-corrected chi connectivity index (χ1v) is 7.35. The maximum atomic E-state index is 6.26. The summed E-state index contributed by atoms with van der Waals surface area (Å²) in [4.78, 5) is 0. The first kappa shape index (κ1) is 12.7. The fourth-order valence-corrected chi connectivity index (χ4v) is 4.21. The van der Waals surface area contributed by atoms with Crippen molar-refractivity contribution in [3.05, 3.63) is 11.6 Å². The Labute approximate surface area is 111 Å². The van der Waals surface area contributed by atoms with Gasteiger partial charge >= 0.3 is 0 Å².